The van der Waals surface area contributed by atoms with Crippen LogP contribution in [0.2, 0.25) is 0 Å². The molecule has 0 aliphatic heterocycles. The van der Waals surface area contributed by atoms with Crippen molar-refractivity contribution in [2.75, 3.05) is 19.0 Å². The fraction of sp³-hybridized carbons (Fsp3) is 0.455. The van der Waals surface area contributed by atoms with Crippen molar-refractivity contribution in [3.63, 3.8) is 0 Å². The zero-order valence-electron chi connectivity index (χ0n) is 9.15. The highest BCUT2D eigenvalue weighted by Gasteiger charge is 2.17. The Hall–Kier alpha value is -0.940. The van der Waals surface area contributed by atoms with Crippen LogP contribution in [0.15, 0.2) is 29.2 Å². The summed E-state index contributed by atoms with van der Waals surface area (Å²) in [5.41, 5.74) is 0. The molecule has 1 rings (SSSR count). The van der Waals surface area contributed by atoms with Gasteiger partial charge in [0, 0.05) is 13.2 Å². The van der Waals surface area contributed by atoms with Gasteiger partial charge >= 0.3 is 0 Å². The highest BCUT2D eigenvalue weighted by atomic mass is 32.2. The lowest BCUT2D eigenvalue weighted by atomic mass is 10.3. The van der Waals surface area contributed by atoms with Gasteiger partial charge < -0.3 is 4.74 Å². The van der Waals surface area contributed by atoms with Gasteiger partial charge in [-0.1, -0.05) is 12.1 Å². The zero-order chi connectivity index (χ0) is 12.0. The minimum Gasteiger partial charge on any atom is -0.382 e. The van der Waals surface area contributed by atoms with Crippen molar-refractivity contribution in [3.05, 3.63) is 30.1 Å². The van der Waals surface area contributed by atoms with Crippen molar-refractivity contribution in [3.8, 4) is 0 Å². The van der Waals surface area contributed by atoms with Gasteiger partial charge in [0.2, 0.25) is 0 Å². The lowest BCUT2D eigenvalue weighted by molar-refractivity contribution is 0.148. The number of rotatable bonds is 6. The molecule has 0 saturated heterocycles. The SMILES string of the molecule is CCOCCCS(=O)(=O)c1ccccc1F. The predicted octanol–water partition coefficient (Wildman–Crippen LogP) is 2.03. The molecule has 90 valence electrons. The molecule has 1 aromatic rings. The second-order valence-corrected chi connectivity index (χ2v) is 5.38. The second-order valence-electron chi connectivity index (χ2n) is 3.30. The van der Waals surface area contributed by atoms with E-state index < -0.39 is 15.7 Å². The summed E-state index contributed by atoms with van der Waals surface area (Å²) < 4.78 is 41.7. The van der Waals surface area contributed by atoms with Crippen LogP contribution in [-0.2, 0) is 14.6 Å². The van der Waals surface area contributed by atoms with E-state index >= 15 is 0 Å². The predicted molar refractivity (Wildman–Crippen MR) is 59.6 cm³/mol. The van der Waals surface area contributed by atoms with Crippen LogP contribution in [0.4, 0.5) is 4.39 Å². The van der Waals surface area contributed by atoms with Gasteiger partial charge in [-0.25, -0.2) is 12.8 Å². The quantitative estimate of drug-likeness (QED) is 0.721. The van der Waals surface area contributed by atoms with Crippen LogP contribution in [0, 0.1) is 5.82 Å². The molecule has 0 aromatic heterocycles. The number of sulfone groups is 1. The van der Waals surface area contributed by atoms with Gasteiger partial charge in [-0.05, 0) is 25.5 Å². The zero-order valence-corrected chi connectivity index (χ0v) is 9.97. The Labute approximate surface area is 95.2 Å². The summed E-state index contributed by atoms with van der Waals surface area (Å²) in [5.74, 6) is -0.785. The molecule has 0 radical (unpaired) electrons. The summed E-state index contributed by atoms with van der Waals surface area (Å²) in [6.07, 6.45) is 0.379. The standard InChI is InChI=1S/C11H15FO3S/c1-2-15-8-5-9-16(13,14)11-7-4-3-6-10(11)12/h3-4,6-7H,2,5,8-9H2,1H3. The van der Waals surface area contributed by atoms with E-state index in [2.05, 4.69) is 0 Å². The lowest BCUT2D eigenvalue weighted by Gasteiger charge is -2.05. The molecule has 1 aromatic carbocycles. The highest BCUT2D eigenvalue weighted by Crippen LogP contribution is 2.15. The van der Waals surface area contributed by atoms with E-state index in [1.807, 2.05) is 6.92 Å². The van der Waals surface area contributed by atoms with Gasteiger partial charge in [0.05, 0.1) is 5.75 Å². The Balaban J connectivity index is 2.68. The first-order chi connectivity index (χ1) is 7.58. The summed E-state index contributed by atoms with van der Waals surface area (Å²) in [6, 6.07) is 5.41. The topological polar surface area (TPSA) is 43.4 Å². The van der Waals surface area contributed by atoms with E-state index in [0.717, 1.165) is 6.07 Å². The van der Waals surface area contributed by atoms with Crippen LogP contribution in [-0.4, -0.2) is 27.4 Å². The monoisotopic (exact) mass is 246 g/mol. The maximum absolute atomic E-state index is 13.3. The highest BCUT2D eigenvalue weighted by molar-refractivity contribution is 7.91. The van der Waals surface area contributed by atoms with Gasteiger partial charge in [-0.2, -0.15) is 0 Å². The summed E-state index contributed by atoms with van der Waals surface area (Å²) in [7, 11) is -3.53. The Morgan fingerprint density at radius 1 is 1.31 bits per heavy atom. The average molecular weight is 246 g/mol. The number of ether oxygens (including phenoxy) is 1. The Morgan fingerprint density at radius 2 is 2.00 bits per heavy atom. The minimum absolute atomic E-state index is 0.0894. The number of halogens is 1. The van der Waals surface area contributed by atoms with Gasteiger partial charge in [-0.3, -0.25) is 0 Å². The molecule has 0 bridgehead atoms. The van der Waals surface area contributed by atoms with Gasteiger partial charge in [0.25, 0.3) is 0 Å². The van der Waals surface area contributed by atoms with E-state index in [1.54, 1.807) is 0 Å². The van der Waals surface area contributed by atoms with Gasteiger partial charge in [-0.15, -0.1) is 0 Å². The Bertz CT molecular complexity index is 429. The van der Waals surface area contributed by atoms with Gasteiger partial charge in [0.15, 0.2) is 9.84 Å². The molecule has 0 aliphatic carbocycles. The molecule has 0 N–H and O–H groups in total. The summed E-state index contributed by atoms with van der Waals surface area (Å²) >= 11 is 0. The molecular weight excluding hydrogens is 231 g/mol. The van der Waals surface area contributed by atoms with Crippen LogP contribution in [0.3, 0.4) is 0 Å². The maximum atomic E-state index is 13.3. The van der Waals surface area contributed by atoms with E-state index in [4.69, 9.17) is 4.74 Å². The van der Waals surface area contributed by atoms with Crippen LogP contribution in [0.1, 0.15) is 13.3 Å². The third-order valence-electron chi connectivity index (χ3n) is 2.08. The smallest absolute Gasteiger partial charge is 0.181 e. The summed E-state index contributed by atoms with van der Waals surface area (Å²) in [6.45, 7) is 2.77. The lowest BCUT2D eigenvalue weighted by Crippen LogP contribution is -2.11. The van der Waals surface area contributed by atoms with Crippen LogP contribution >= 0.6 is 0 Å². The molecule has 0 heterocycles. The largest absolute Gasteiger partial charge is 0.382 e. The third kappa shape index (κ3) is 3.57. The fourth-order valence-electron chi connectivity index (χ4n) is 1.30. The molecule has 0 saturated carbocycles. The van der Waals surface area contributed by atoms with Crippen molar-refractivity contribution in [1.82, 2.24) is 0 Å². The van der Waals surface area contributed by atoms with E-state index in [1.165, 1.54) is 18.2 Å². The summed E-state index contributed by atoms with van der Waals surface area (Å²) in [4.78, 5) is -0.230. The van der Waals surface area contributed by atoms with Crippen molar-refractivity contribution in [1.29, 1.82) is 0 Å². The molecule has 0 spiro atoms. The first-order valence-corrected chi connectivity index (χ1v) is 6.78. The first-order valence-electron chi connectivity index (χ1n) is 5.13. The van der Waals surface area contributed by atoms with Crippen molar-refractivity contribution in [2.24, 2.45) is 0 Å². The first kappa shape index (κ1) is 13.1. The number of benzene rings is 1. The number of hydrogen-bond acceptors (Lipinski definition) is 3. The van der Waals surface area contributed by atoms with Gasteiger partial charge in [0.1, 0.15) is 10.7 Å². The minimum atomic E-state index is -3.53. The van der Waals surface area contributed by atoms with E-state index in [-0.39, 0.29) is 10.6 Å². The molecule has 0 fully saturated rings. The van der Waals surface area contributed by atoms with Crippen LogP contribution in [0.5, 0.6) is 0 Å². The maximum Gasteiger partial charge on any atom is 0.181 e. The molecule has 0 aliphatic rings. The van der Waals surface area contributed by atoms with E-state index in [0.29, 0.717) is 19.6 Å². The molecule has 3 nitrogen and oxygen atoms in total. The van der Waals surface area contributed by atoms with Crippen LogP contribution < -0.4 is 0 Å². The summed E-state index contributed by atoms with van der Waals surface area (Å²) in [5, 5.41) is 0. The Kier molecular flexibility index (Phi) is 4.89. The normalized spacial score (nSPS) is 11.6. The van der Waals surface area contributed by atoms with Crippen molar-refractivity contribution in [2.45, 2.75) is 18.2 Å². The molecular formula is C11H15FO3S. The fourth-order valence-corrected chi connectivity index (χ4v) is 2.67. The molecule has 0 amide bonds. The number of hydrogen-bond donors (Lipinski definition) is 0. The van der Waals surface area contributed by atoms with E-state index in [9.17, 15) is 12.8 Å². The molecule has 16 heavy (non-hydrogen) atoms. The van der Waals surface area contributed by atoms with Crippen molar-refractivity contribution >= 4 is 9.84 Å². The van der Waals surface area contributed by atoms with Crippen LogP contribution in [0.25, 0.3) is 0 Å². The Morgan fingerprint density at radius 3 is 2.62 bits per heavy atom. The van der Waals surface area contributed by atoms with Crippen molar-refractivity contribution < 1.29 is 17.5 Å². The molecule has 0 unspecified atom stereocenters. The molecule has 0 atom stereocenters. The third-order valence-corrected chi connectivity index (χ3v) is 3.90. The second kappa shape index (κ2) is 5.96. The average Bonchev–Trinajstić information content (AvgIpc) is 2.25. The molecule has 5 heteroatoms.